The molecule has 4 nitrogen and oxygen atoms in total. The number of rotatable bonds is 4. The van der Waals surface area contributed by atoms with Gasteiger partial charge in [0.25, 0.3) is 0 Å². The molecule has 0 fully saturated rings. The van der Waals surface area contributed by atoms with Crippen LogP contribution >= 0.6 is 0 Å². The van der Waals surface area contributed by atoms with Crippen molar-refractivity contribution in [2.75, 3.05) is 0 Å². The average molecular weight is 390 g/mol. The minimum absolute atomic E-state index is 0.0604. The van der Waals surface area contributed by atoms with Gasteiger partial charge in [-0.2, -0.15) is 0 Å². The second-order valence-electron chi connectivity index (χ2n) is 6.38. The first kappa shape index (κ1) is 18.6. The summed E-state index contributed by atoms with van der Waals surface area (Å²) < 4.78 is 35.7. The van der Waals surface area contributed by atoms with Crippen molar-refractivity contribution in [1.82, 2.24) is 9.55 Å². The predicted molar refractivity (Wildman–Crippen MR) is 107 cm³/mol. The third-order valence-electron chi connectivity index (χ3n) is 4.52. The molecule has 29 heavy (non-hydrogen) atoms. The zero-order valence-electron chi connectivity index (χ0n) is 15.5. The van der Waals surface area contributed by atoms with Crippen LogP contribution in [0, 0.1) is 11.6 Å². The van der Waals surface area contributed by atoms with Crippen LogP contribution in [-0.4, -0.2) is 15.5 Å². The standard InChI is InChI=1S/C23H16F2N2O2/c1-27-20-13-7-6-12-19(20)26-22(27)14-21(15-8-2-4-10-17(15)24)29-23(28)16-9-3-5-11-18(16)25/h2-14H,1H3/b21-14-. The molecule has 0 atom stereocenters. The number of aromatic nitrogens is 2. The molecule has 0 bridgehead atoms. The molecule has 0 aliphatic heterocycles. The molecule has 0 unspecified atom stereocenters. The number of nitrogens with zero attached hydrogens (tertiary/aromatic N) is 2. The fourth-order valence-corrected chi connectivity index (χ4v) is 3.02. The van der Waals surface area contributed by atoms with E-state index in [1.165, 1.54) is 42.5 Å². The van der Waals surface area contributed by atoms with Gasteiger partial charge in [-0.05, 0) is 36.4 Å². The number of aryl methyl sites for hydroxylation is 1. The Labute approximate surface area is 165 Å². The van der Waals surface area contributed by atoms with Crippen LogP contribution in [0.5, 0.6) is 0 Å². The number of ether oxygens (including phenoxy) is 1. The number of hydrogen-bond donors (Lipinski definition) is 0. The second kappa shape index (κ2) is 7.67. The lowest BCUT2D eigenvalue weighted by molar-refractivity contribution is 0.0688. The normalized spacial score (nSPS) is 11.6. The van der Waals surface area contributed by atoms with Crippen molar-refractivity contribution in [2.45, 2.75) is 0 Å². The summed E-state index contributed by atoms with van der Waals surface area (Å²) in [6, 6.07) is 18.9. The van der Waals surface area contributed by atoms with Crippen LogP contribution in [0.2, 0.25) is 0 Å². The molecule has 0 saturated carbocycles. The summed E-state index contributed by atoms with van der Waals surface area (Å²) in [6.07, 6.45) is 1.47. The molecule has 4 aromatic rings. The number of carbonyl (C=O) groups excluding carboxylic acids is 1. The van der Waals surface area contributed by atoms with E-state index in [4.69, 9.17) is 4.74 Å². The van der Waals surface area contributed by atoms with Gasteiger partial charge in [0.2, 0.25) is 0 Å². The minimum Gasteiger partial charge on any atom is -0.422 e. The summed E-state index contributed by atoms with van der Waals surface area (Å²) in [4.78, 5) is 17.1. The Hall–Kier alpha value is -3.80. The minimum atomic E-state index is -0.920. The van der Waals surface area contributed by atoms with Crippen LogP contribution in [-0.2, 0) is 11.8 Å². The van der Waals surface area contributed by atoms with Crippen molar-refractivity contribution >= 4 is 28.8 Å². The molecule has 6 heteroatoms. The smallest absolute Gasteiger partial charge is 0.346 e. The molecule has 0 N–H and O–H groups in total. The number of hydrogen-bond acceptors (Lipinski definition) is 3. The van der Waals surface area contributed by atoms with Crippen LogP contribution in [0.1, 0.15) is 21.7 Å². The summed E-state index contributed by atoms with van der Waals surface area (Å²) in [7, 11) is 1.80. The molecule has 1 heterocycles. The van der Waals surface area contributed by atoms with Crippen molar-refractivity contribution < 1.29 is 18.3 Å². The summed E-state index contributed by atoms with van der Waals surface area (Å²) in [5.74, 6) is -1.80. The van der Waals surface area contributed by atoms with Crippen LogP contribution in [0.25, 0.3) is 22.9 Å². The Bertz CT molecular complexity index is 1240. The largest absolute Gasteiger partial charge is 0.422 e. The lowest BCUT2D eigenvalue weighted by atomic mass is 10.1. The third-order valence-corrected chi connectivity index (χ3v) is 4.52. The van der Waals surface area contributed by atoms with Gasteiger partial charge in [-0.1, -0.05) is 36.4 Å². The van der Waals surface area contributed by atoms with Crippen LogP contribution in [0.15, 0.2) is 72.8 Å². The number of halogens is 2. The molecule has 0 aliphatic carbocycles. The highest BCUT2D eigenvalue weighted by Gasteiger charge is 2.19. The van der Waals surface area contributed by atoms with E-state index >= 15 is 0 Å². The molecular weight excluding hydrogens is 374 g/mol. The summed E-state index contributed by atoms with van der Waals surface area (Å²) in [5.41, 5.74) is 1.45. The highest BCUT2D eigenvalue weighted by Crippen LogP contribution is 2.25. The average Bonchev–Trinajstić information content (AvgIpc) is 3.04. The molecule has 3 aromatic carbocycles. The predicted octanol–water partition coefficient (Wildman–Crippen LogP) is 5.21. The van der Waals surface area contributed by atoms with Crippen LogP contribution < -0.4 is 0 Å². The Morgan fingerprint density at radius 2 is 1.48 bits per heavy atom. The first-order chi connectivity index (χ1) is 14.0. The van der Waals surface area contributed by atoms with Gasteiger partial charge < -0.3 is 9.30 Å². The summed E-state index contributed by atoms with van der Waals surface area (Å²) >= 11 is 0. The van der Waals surface area contributed by atoms with Crippen molar-refractivity contribution in [3.63, 3.8) is 0 Å². The van der Waals surface area contributed by atoms with E-state index in [0.29, 0.717) is 5.82 Å². The zero-order chi connectivity index (χ0) is 20.4. The fraction of sp³-hybridized carbons (Fsp3) is 0.0435. The molecule has 0 radical (unpaired) electrons. The van der Waals surface area contributed by atoms with Gasteiger partial charge >= 0.3 is 5.97 Å². The lowest BCUT2D eigenvalue weighted by Crippen LogP contribution is -2.08. The first-order valence-electron chi connectivity index (χ1n) is 8.89. The maximum absolute atomic E-state index is 14.4. The van der Waals surface area contributed by atoms with E-state index in [2.05, 4.69) is 4.98 Å². The third kappa shape index (κ3) is 3.65. The number of imidazole rings is 1. The van der Waals surface area contributed by atoms with E-state index in [1.807, 2.05) is 24.3 Å². The van der Waals surface area contributed by atoms with Gasteiger partial charge in [0.1, 0.15) is 23.2 Å². The second-order valence-corrected chi connectivity index (χ2v) is 6.38. The van der Waals surface area contributed by atoms with Crippen molar-refractivity contribution in [3.05, 3.63) is 101 Å². The highest BCUT2D eigenvalue weighted by atomic mass is 19.1. The van der Waals surface area contributed by atoms with E-state index in [-0.39, 0.29) is 16.9 Å². The van der Waals surface area contributed by atoms with Crippen molar-refractivity contribution in [2.24, 2.45) is 7.05 Å². The monoisotopic (exact) mass is 390 g/mol. The van der Waals surface area contributed by atoms with Gasteiger partial charge in [0.05, 0.1) is 22.2 Å². The maximum atomic E-state index is 14.4. The van der Waals surface area contributed by atoms with E-state index in [1.54, 1.807) is 17.7 Å². The molecular formula is C23H16F2N2O2. The molecule has 0 spiro atoms. The Morgan fingerprint density at radius 1 is 0.897 bits per heavy atom. The quantitative estimate of drug-likeness (QED) is 0.355. The van der Waals surface area contributed by atoms with E-state index in [9.17, 15) is 13.6 Å². The lowest BCUT2D eigenvalue weighted by Gasteiger charge is -2.11. The summed E-state index contributed by atoms with van der Waals surface area (Å²) in [5, 5.41) is 0. The van der Waals surface area contributed by atoms with Crippen LogP contribution in [0.4, 0.5) is 8.78 Å². The number of benzene rings is 3. The van der Waals surface area contributed by atoms with Gasteiger partial charge in [-0.3, -0.25) is 0 Å². The number of esters is 1. The van der Waals surface area contributed by atoms with Crippen LogP contribution in [0.3, 0.4) is 0 Å². The van der Waals surface area contributed by atoms with Crippen molar-refractivity contribution in [3.8, 4) is 0 Å². The molecule has 0 saturated heterocycles. The molecule has 4 rings (SSSR count). The van der Waals surface area contributed by atoms with Gasteiger partial charge in [0, 0.05) is 13.1 Å². The van der Waals surface area contributed by atoms with Gasteiger partial charge in [-0.25, -0.2) is 18.6 Å². The number of fused-ring (bicyclic) bond motifs is 1. The maximum Gasteiger partial charge on any atom is 0.346 e. The van der Waals surface area contributed by atoms with Gasteiger partial charge in [-0.15, -0.1) is 0 Å². The van der Waals surface area contributed by atoms with E-state index in [0.717, 1.165) is 17.1 Å². The SMILES string of the molecule is Cn1c(/C=C(\OC(=O)c2ccccc2F)c2ccccc2F)nc2ccccc21. The summed E-state index contributed by atoms with van der Waals surface area (Å²) in [6.45, 7) is 0. The Balaban J connectivity index is 1.81. The Kier molecular flexibility index (Phi) is 4.91. The Morgan fingerprint density at radius 3 is 2.14 bits per heavy atom. The molecule has 0 aliphatic rings. The van der Waals surface area contributed by atoms with Crippen molar-refractivity contribution in [1.29, 1.82) is 0 Å². The fourth-order valence-electron chi connectivity index (χ4n) is 3.02. The zero-order valence-corrected chi connectivity index (χ0v) is 15.5. The molecule has 144 valence electrons. The van der Waals surface area contributed by atoms with E-state index < -0.39 is 17.6 Å². The van der Waals surface area contributed by atoms with Gasteiger partial charge in [0.15, 0.2) is 0 Å². The number of carbonyl (C=O) groups is 1. The number of para-hydroxylation sites is 2. The highest BCUT2D eigenvalue weighted by molar-refractivity contribution is 5.95. The molecule has 1 aromatic heterocycles. The topological polar surface area (TPSA) is 44.1 Å². The first-order valence-corrected chi connectivity index (χ1v) is 8.89. The molecule has 0 amide bonds.